The molecule has 3 aromatic carbocycles. The van der Waals surface area contributed by atoms with Crippen molar-refractivity contribution in [3.63, 3.8) is 0 Å². The van der Waals surface area contributed by atoms with Crippen LogP contribution in [0.1, 0.15) is 23.6 Å². The van der Waals surface area contributed by atoms with Gasteiger partial charge in [0.1, 0.15) is 11.8 Å². The maximum atomic E-state index is 12.7. The molecule has 1 heterocycles. The van der Waals surface area contributed by atoms with E-state index in [9.17, 15) is 14.4 Å². The molecular formula is C29H27ClN4O5S. The maximum Gasteiger partial charge on any atom is 0.328 e. The van der Waals surface area contributed by atoms with E-state index in [-0.39, 0.29) is 10.9 Å². The average molecular weight is 579 g/mol. The van der Waals surface area contributed by atoms with Gasteiger partial charge in [0.2, 0.25) is 0 Å². The van der Waals surface area contributed by atoms with Crippen LogP contribution in [-0.2, 0) is 9.53 Å². The number of thiazole rings is 1. The number of esters is 1. The van der Waals surface area contributed by atoms with Gasteiger partial charge < -0.3 is 25.4 Å². The number of nitrogens with zero attached hydrogens (tertiary/aromatic N) is 1. The summed E-state index contributed by atoms with van der Waals surface area (Å²) < 4.78 is 10.7. The second kappa shape index (κ2) is 13.1. The van der Waals surface area contributed by atoms with Gasteiger partial charge >= 0.3 is 12.0 Å². The number of aromatic nitrogens is 1. The fraction of sp³-hybridized carbons (Fsp3) is 0.172. The molecule has 0 saturated heterocycles. The van der Waals surface area contributed by atoms with Gasteiger partial charge in [-0.1, -0.05) is 55.8 Å². The number of carbonyl (C=O) groups excluding carboxylic acids is 3. The van der Waals surface area contributed by atoms with E-state index in [2.05, 4.69) is 20.9 Å². The highest BCUT2D eigenvalue weighted by Crippen LogP contribution is 2.33. The topological polar surface area (TPSA) is 119 Å². The number of ether oxygens (including phenoxy) is 2. The van der Waals surface area contributed by atoms with Crippen molar-refractivity contribution in [1.82, 2.24) is 10.3 Å². The van der Waals surface area contributed by atoms with Crippen LogP contribution < -0.4 is 20.7 Å². The monoisotopic (exact) mass is 578 g/mol. The van der Waals surface area contributed by atoms with Gasteiger partial charge in [-0.25, -0.2) is 14.6 Å². The van der Waals surface area contributed by atoms with Crippen LogP contribution in [0.25, 0.3) is 10.4 Å². The number of hydrogen-bond acceptors (Lipinski definition) is 7. The van der Waals surface area contributed by atoms with Gasteiger partial charge in [0.05, 0.1) is 17.7 Å². The molecule has 1 atom stereocenters. The number of urea groups is 1. The third-order valence-electron chi connectivity index (χ3n) is 5.70. The molecule has 1 aromatic heterocycles. The normalized spacial score (nSPS) is 11.4. The second-order valence-corrected chi connectivity index (χ2v) is 10.4. The van der Waals surface area contributed by atoms with E-state index >= 15 is 0 Å². The average Bonchev–Trinajstić information content (AvgIpc) is 3.44. The van der Waals surface area contributed by atoms with Crippen molar-refractivity contribution >= 4 is 52.2 Å². The first-order chi connectivity index (χ1) is 19.2. The number of amides is 3. The molecule has 0 aliphatic heterocycles. The minimum atomic E-state index is -0.768. The van der Waals surface area contributed by atoms with Crippen LogP contribution in [0.3, 0.4) is 0 Å². The Kier molecular flexibility index (Phi) is 9.36. The van der Waals surface area contributed by atoms with Crippen LogP contribution in [0, 0.1) is 5.92 Å². The molecule has 0 spiro atoms. The van der Waals surface area contributed by atoms with Crippen molar-refractivity contribution in [3.05, 3.63) is 89.0 Å². The number of hydrogen-bond donors (Lipinski definition) is 3. The number of nitrogens with one attached hydrogen (secondary N) is 3. The first kappa shape index (κ1) is 28.6. The Morgan fingerprint density at radius 2 is 1.68 bits per heavy atom. The standard InChI is InChI=1S/C29H27ClN4O5S/c1-17(2)25(28(36)38-3)34-26(35)27-31-16-24(40-27)18-9-12-20(13-10-18)32-29(37)33-22-14-11-19(30)15-23(22)39-21-7-5-4-6-8-21/h4-17,25H,1-3H3,(H,34,35)(H2,32,33,37). The number of carbonyl (C=O) groups is 3. The van der Waals surface area contributed by atoms with Gasteiger partial charge in [0.25, 0.3) is 5.91 Å². The molecule has 3 amide bonds. The number of anilines is 2. The van der Waals surface area contributed by atoms with Crippen molar-refractivity contribution < 1.29 is 23.9 Å². The lowest BCUT2D eigenvalue weighted by atomic mass is 10.0. The summed E-state index contributed by atoms with van der Waals surface area (Å²) in [7, 11) is 1.28. The molecule has 0 fully saturated rings. The molecular weight excluding hydrogens is 552 g/mol. The summed E-state index contributed by atoms with van der Waals surface area (Å²) in [5, 5.41) is 8.95. The first-order valence-electron chi connectivity index (χ1n) is 12.3. The predicted octanol–water partition coefficient (Wildman–Crippen LogP) is 6.83. The Morgan fingerprint density at radius 3 is 2.35 bits per heavy atom. The van der Waals surface area contributed by atoms with Crippen molar-refractivity contribution in [1.29, 1.82) is 0 Å². The summed E-state index contributed by atoms with van der Waals surface area (Å²) in [5.74, 6) is -0.0941. The van der Waals surface area contributed by atoms with Crippen molar-refractivity contribution in [2.75, 3.05) is 17.7 Å². The first-order valence-corrected chi connectivity index (χ1v) is 13.5. The molecule has 4 aromatic rings. The maximum absolute atomic E-state index is 12.7. The molecule has 3 N–H and O–H groups in total. The molecule has 1 unspecified atom stereocenters. The van der Waals surface area contributed by atoms with E-state index in [4.69, 9.17) is 21.1 Å². The van der Waals surface area contributed by atoms with Crippen LogP contribution in [0.5, 0.6) is 11.5 Å². The third kappa shape index (κ3) is 7.37. The molecule has 206 valence electrons. The summed E-state index contributed by atoms with van der Waals surface area (Å²) >= 11 is 7.33. The molecule has 0 aliphatic carbocycles. The Hall–Kier alpha value is -4.41. The highest BCUT2D eigenvalue weighted by Gasteiger charge is 2.26. The Labute approximate surface area is 240 Å². The minimum absolute atomic E-state index is 0.143. The van der Waals surface area contributed by atoms with E-state index in [1.807, 2.05) is 44.2 Å². The fourth-order valence-electron chi connectivity index (χ4n) is 3.64. The molecule has 11 heteroatoms. The molecule has 0 radical (unpaired) electrons. The number of para-hydroxylation sites is 1. The van der Waals surface area contributed by atoms with E-state index in [1.165, 1.54) is 18.4 Å². The SMILES string of the molecule is COC(=O)C(NC(=O)c1ncc(-c2ccc(NC(=O)Nc3ccc(Cl)cc3Oc3ccccc3)cc2)s1)C(C)C. The highest BCUT2D eigenvalue weighted by atomic mass is 35.5. The van der Waals surface area contributed by atoms with Gasteiger partial charge in [0.15, 0.2) is 10.8 Å². The van der Waals surface area contributed by atoms with Crippen molar-refractivity contribution in [2.45, 2.75) is 19.9 Å². The Bertz CT molecular complexity index is 1490. The lowest BCUT2D eigenvalue weighted by Crippen LogP contribution is -2.44. The Morgan fingerprint density at radius 1 is 0.950 bits per heavy atom. The van der Waals surface area contributed by atoms with Gasteiger partial charge in [-0.3, -0.25) is 4.79 Å². The van der Waals surface area contributed by atoms with Gasteiger partial charge in [-0.15, -0.1) is 11.3 Å². The van der Waals surface area contributed by atoms with Crippen molar-refractivity contribution in [2.24, 2.45) is 5.92 Å². The summed E-state index contributed by atoms with van der Waals surface area (Å²) in [6.07, 6.45) is 1.59. The predicted molar refractivity (Wildman–Crippen MR) is 156 cm³/mol. The molecule has 9 nitrogen and oxygen atoms in total. The summed E-state index contributed by atoms with van der Waals surface area (Å²) in [6.45, 7) is 3.63. The third-order valence-corrected chi connectivity index (χ3v) is 6.98. The molecule has 0 saturated carbocycles. The molecule has 0 aliphatic rings. The van der Waals surface area contributed by atoms with E-state index in [0.717, 1.165) is 10.4 Å². The highest BCUT2D eigenvalue weighted by molar-refractivity contribution is 7.17. The zero-order chi connectivity index (χ0) is 28.6. The van der Waals surface area contributed by atoms with Crippen LogP contribution >= 0.6 is 22.9 Å². The van der Waals surface area contributed by atoms with E-state index < -0.39 is 23.9 Å². The van der Waals surface area contributed by atoms with Crippen LogP contribution in [0.2, 0.25) is 5.02 Å². The number of methoxy groups -OCH3 is 1. The van der Waals surface area contributed by atoms with Gasteiger partial charge in [-0.2, -0.15) is 0 Å². The summed E-state index contributed by atoms with van der Waals surface area (Å²) in [4.78, 5) is 42.3. The van der Waals surface area contributed by atoms with E-state index in [0.29, 0.717) is 27.9 Å². The van der Waals surface area contributed by atoms with E-state index in [1.54, 1.807) is 48.7 Å². The zero-order valence-electron chi connectivity index (χ0n) is 21.9. The lowest BCUT2D eigenvalue weighted by molar-refractivity contribution is -0.144. The largest absolute Gasteiger partial charge is 0.467 e. The molecule has 4 rings (SSSR count). The van der Waals surface area contributed by atoms with Crippen molar-refractivity contribution in [3.8, 4) is 21.9 Å². The minimum Gasteiger partial charge on any atom is -0.467 e. The smallest absolute Gasteiger partial charge is 0.328 e. The second-order valence-electron chi connectivity index (χ2n) is 8.96. The number of rotatable bonds is 9. The number of benzene rings is 3. The zero-order valence-corrected chi connectivity index (χ0v) is 23.5. The van der Waals surface area contributed by atoms with Gasteiger partial charge in [0, 0.05) is 23.0 Å². The van der Waals surface area contributed by atoms with Crippen LogP contribution in [0.4, 0.5) is 16.2 Å². The summed E-state index contributed by atoms with van der Waals surface area (Å²) in [6, 6.07) is 20.0. The summed E-state index contributed by atoms with van der Waals surface area (Å²) in [5.41, 5.74) is 1.82. The molecule has 0 bridgehead atoms. The number of halogens is 1. The van der Waals surface area contributed by atoms with Gasteiger partial charge in [-0.05, 0) is 47.9 Å². The molecule has 40 heavy (non-hydrogen) atoms. The quantitative estimate of drug-likeness (QED) is 0.187. The van der Waals surface area contributed by atoms with Crippen LogP contribution in [-0.4, -0.2) is 36.0 Å². The Balaban J connectivity index is 1.39. The lowest BCUT2D eigenvalue weighted by Gasteiger charge is -2.18. The fourth-order valence-corrected chi connectivity index (χ4v) is 4.63. The van der Waals surface area contributed by atoms with Crippen LogP contribution in [0.15, 0.2) is 79.0 Å².